The third-order valence-corrected chi connectivity index (χ3v) is 9.76. The van der Waals surface area contributed by atoms with E-state index in [1.54, 1.807) is 37.4 Å². The van der Waals surface area contributed by atoms with Crippen LogP contribution in [0.5, 0.6) is 0 Å². The van der Waals surface area contributed by atoms with Gasteiger partial charge in [-0.3, -0.25) is 14.4 Å². The van der Waals surface area contributed by atoms with Crippen LogP contribution in [0.4, 0.5) is 0 Å². The summed E-state index contributed by atoms with van der Waals surface area (Å²) in [6.07, 6.45) is 8.23. The van der Waals surface area contributed by atoms with Crippen LogP contribution < -0.4 is 5.56 Å². The number of ether oxygens (including phenoxy) is 2. The molecule has 1 saturated heterocycles. The number of pyridine rings is 1. The Bertz CT molecular complexity index is 2060. The Labute approximate surface area is 262 Å². The first-order chi connectivity index (χ1) is 21.1. The molecule has 10 heteroatoms. The van der Waals surface area contributed by atoms with Crippen molar-refractivity contribution in [1.29, 1.82) is 0 Å². The van der Waals surface area contributed by atoms with E-state index >= 15 is 0 Å². The zero-order valence-electron chi connectivity index (χ0n) is 26.1. The lowest BCUT2D eigenvalue weighted by Crippen LogP contribution is -2.43. The van der Waals surface area contributed by atoms with Gasteiger partial charge in [0.2, 0.25) is 0 Å². The molecular weight excluding hydrogens is 592 g/mol. The van der Waals surface area contributed by atoms with Crippen LogP contribution in [-0.4, -0.2) is 54.3 Å². The summed E-state index contributed by atoms with van der Waals surface area (Å²) in [7, 11) is -3.55. The molecule has 0 radical (unpaired) electrons. The molecule has 0 spiro atoms. The van der Waals surface area contributed by atoms with Crippen molar-refractivity contribution >= 4 is 38.5 Å². The van der Waals surface area contributed by atoms with Gasteiger partial charge in [0.15, 0.2) is 15.9 Å². The van der Waals surface area contributed by atoms with E-state index in [2.05, 4.69) is 0 Å². The number of hydrogen-bond acceptors (Lipinski definition) is 7. The molecule has 3 heterocycles. The Morgan fingerprint density at radius 1 is 1.16 bits per heavy atom. The van der Waals surface area contributed by atoms with Gasteiger partial charge in [-0.05, 0) is 93.8 Å². The minimum atomic E-state index is -3.55. The Hall–Kier alpha value is -4.28. The zero-order chi connectivity index (χ0) is 32.5. The first-order valence-electron chi connectivity index (χ1n) is 14.8. The number of carboxylic acid groups (broad SMARTS) is 1. The summed E-state index contributed by atoms with van der Waals surface area (Å²) in [5, 5.41) is 11.2. The molecule has 0 amide bonds. The maximum atomic E-state index is 13.6. The third-order valence-electron chi connectivity index (χ3n) is 8.65. The van der Waals surface area contributed by atoms with E-state index in [9.17, 15) is 23.1 Å². The van der Waals surface area contributed by atoms with Crippen LogP contribution in [-0.2, 0) is 24.1 Å². The van der Waals surface area contributed by atoms with Crippen LogP contribution in [0.2, 0.25) is 0 Å². The number of nitrogens with zero attached hydrogens (tertiary/aromatic N) is 2. The highest BCUT2D eigenvalue weighted by atomic mass is 32.2. The van der Waals surface area contributed by atoms with E-state index in [1.165, 1.54) is 28.3 Å². The van der Waals surface area contributed by atoms with Crippen LogP contribution in [0.1, 0.15) is 56.9 Å². The SMILES string of the molecule is Cc1cc2c(ccc(=O)n2-c2cccc(S(C)(=O)=O)c2)c(C2=CC=C3OCCC4=CC=NC2(C)C43)c1C(OC(C)(C)C)C(=O)O. The number of hydrogen-bond donors (Lipinski definition) is 1. The number of rotatable bonds is 6. The molecule has 2 aliphatic heterocycles. The highest BCUT2D eigenvalue weighted by molar-refractivity contribution is 7.90. The van der Waals surface area contributed by atoms with Gasteiger partial charge in [0.25, 0.3) is 5.56 Å². The van der Waals surface area contributed by atoms with Crippen LogP contribution in [0, 0.1) is 12.8 Å². The predicted octanol–water partition coefficient (Wildman–Crippen LogP) is 5.73. The van der Waals surface area contributed by atoms with Gasteiger partial charge in [0, 0.05) is 35.9 Å². The summed E-state index contributed by atoms with van der Waals surface area (Å²) in [6.45, 7) is 9.83. The van der Waals surface area contributed by atoms with Crippen molar-refractivity contribution in [2.75, 3.05) is 12.9 Å². The Morgan fingerprint density at radius 3 is 2.60 bits per heavy atom. The second-order valence-corrected chi connectivity index (χ2v) is 15.0. The smallest absolute Gasteiger partial charge is 0.337 e. The largest absolute Gasteiger partial charge is 0.497 e. The molecule has 45 heavy (non-hydrogen) atoms. The van der Waals surface area contributed by atoms with Gasteiger partial charge < -0.3 is 14.6 Å². The number of allylic oxidation sites excluding steroid dienone is 3. The topological polar surface area (TPSA) is 124 Å². The highest BCUT2D eigenvalue weighted by Crippen LogP contribution is 2.53. The molecule has 6 rings (SSSR count). The summed E-state index contributed by atoms with van der Waals surface area (Å²) in [5.74, 6) is -0.512. The van der Waals surface area contributed by atoms with Crippen LogP contribution in [0.25, 0.3) is 22.2 Å². The molecule has 3 unspecified atom stereocenters. The van der Waals surface area contributed by atoms with E-state index in [0.29, 0.717) is 39.9 Å². The number of dihydropyridines is 1. The van der Waals surface area contributed by atoms with Crippen molar-refractivity contribution in [3.63, 3.8) is 0 Å². The molecule has 0 saturated carbocycles. The lowest BCUT2D eigenvalue weighted by Gasteiger charge is -2.45. The summed E-state index contributed by atoms with van der Waals surface area (Å²) in [5.41, 5.74) is 2.51. The summed E-state index contributed by atoms with van der Waals surface area (Å²) < 4.78 is 38.6. The number of aromatic nitrogens is 1. The lowest BCUT2D eigenvalue weighted by atomic mass is 9.66. The first-order valence-corrected chi connectivity index (χ1v) is 16.7. The molecule has 1 N–H and O–H groups in total. The normalized spacial score (nSPS) is 21.7. The Morgan fingerprint density at radius 2 is 1.91 bits per heavy atom. The minimum absolute atomic E-state index is 0.0790. The third kappa shape index (κ3) is 5.25. The van der Waals surface area contributed by atoms with Crippen LogP contribution >= 0.6 is 0 Å². The molecule has 2 aromatic carbocycles. The Kier molecular flexibility index (Phi) is 7.28. The van der Waals surface area contributed by atoms with E-state index in [0.717, 1.165) is 24.0 Å². The second-order valence-electron chi connectivity index (χ2n) is 13.0. The molecule has 3 aliphatic rings. The fourth-order valence-electron chi connectivity index (χ4n) is 6.78. The molecule has 0 bridgehead atoms. The molecule has 1 fully saturated rings. The number of aliphatic carboxylic acids is 1. The van der Waals surface area contributed by atoms with Crippen molar-refractivity contribution in [2.45, 2.75) is 63.2 Å². The number of fused-ring (bicyclic) bond motifs is 1. The van der Waals surface area contributed by atoms with Gasteiger partial charge >= 0.3 is 5.97 Å². The molecule has 3 atom stereocenters. The average molecular weight is 629 g/mol. The summed E-state index contributed by atoms with van der Waals surface area (Å²) in [6, 6.07) is 11.1. The average Bonchev–Trinajstić information content (AvgIpc) is 2.95. The number of carbonyl (C=O) groups is 1. The minimum Gasteiger partial charge on any atom is -0.497 e. The fourth-order valence-corrected chi connectivity index (χ4v) is 7.44. The van der Waals surface area contributed by atoms with Crippen molar-refractivity contribution < 1.29 is 27.8 Å². The van der Waals surface area contributed by atoms with Crippen molar-refractivity contribution in [2.24, 2.45) is 10.9 Å². The van der Waals surface area contributed by atoms with Crippen LogP contribution in [0.3, 0.4) is 0 Å². The van der Waals surface area contributed by atoms with Gasteiger partial charge in [-0.15, -0.1) is 0 Å². The maximum absolute atomic E-state index is 13.6. The number of carboxylic acids is 1. The van der Waals surface area contributed by atoms with E-state index in [-0.39, 0.29) is 16.4 Å². The molecule has 234 valence electrons. The first kappa shape index (κ1) is 30.7. The Balaban J connectivity index is 1.73. The maximum Gasteiger partial charge on any atom is 0.337 e. The van der Waals surface area contributed by atoms with Gasteiger partial charge in [-0.2, -0.15) is 0 Å². The van der Waals surface area contributed by atoms with Crippen molar-refractivity contribution in [1.82, 2.24) is 4.57 Å². The molecular formula is C35H36N2O7S. The monoisotopic (exact) mass is 628 g/mol. The quantitative estimate of drug-likeness (QED) is 0.370. The van der Waals surface area contributed by atoms with Gasteiger partial charge in [0.05, 0.1) is 39.8 Å². The predicted molar refractivity (Wildman–Crippen MR) is 174 cm³/mol. The van der Waals surface area contributed by atoms with Crippen molar-refractivity contribution in [3.05, 3.63) is 99.1 Å². The van der Waals surface area contributed by atoms with Gasteiger partial charge in [0.1, 0.15) is 5.76 Å². The number of benzene rings is 2. The lowest BCUT2D eigenvalue weighted by molar-refractivity contribution is -0.160. The zero-order valence-corrected chi connectivity index (χ0v) is 26.9. The standard InChI is InChI=1S/C35H36N2O7S/c1-20-18-26-24(10-13-28(38)37(26)22-8-7-9-23(19-22)45(6,41)42)30(29(20)32(33(39)40)44-34(2,3)4)25-11-12-27-31-21(15-17-43-27)14-16-36-35(25,31)5/h7-14,16,18-19,31-32H,15,17H2,1-6H3,(H,39,40). The number of aliphatic imine (C=N–C) groups is 1. The number of sulfone groups is 1. The van der Waals surface area contributed by atoms with Crippen molar-refractivity contribution in [3.8, 4) is 5.69 Å². The molecule has 1 aliphatic carbocycles. The summed E-state index contributed by atoms with van der Waals surface area (Å²) >= 11 is 0. The van der Waals surface area contributed by atoms with Gasteiger partial charge in [-0.25, -0.2) is 13.2 Å². The second kappa shape index (κ2) is 10.7. The number of aryl methyl sites for hydroxylation is 1. The van der Waals surface area contributed by atoms with Gasteiger partial charge in [-0.1, -0.05) is 17.7 Å². The fraction of sp³-hybridized carbons (Fsp3) is 0.343. The summed E-state index contributed by atoms with van der Waals surface area (Å²) in [4.78, 5) is 31.6. The van der Waals surface area contributed by atoms with E-state index in [4.69, 9.17) is 14.5 Å². The molecule has 1 aromatic heterocycles. The molecule has 3 aromatic rings. The van der Waals surface area contributed by atoms with Crippen LogP contribution in [0.15, 0.2) is 86.7 Å². The van der Waals surface area contributed by atoms with E-state index < -0.39 is 33.1 Å². The van der Waals surface area contributed by atoms with E-state index in [1.807, 2.05) is 45.9 Å². The highest BCUT2D eigenvalue weighted by Gasteiger charge is 2.49. The molecule has 9 nitrogen and oxygen atoms in total.